The normalized spacial score (nSPS) is 24.9. The number of nitrogens with one attached hydrogen (secondary N) is 1. The Hall–Kier alpha value is -0.160. The van der Waals surface area contributed by atoms with E-state index in [4.69, 9.17) is 14.2 Å². The van der Waals surface area contributed by atoms with Crippen LogP contribution in [0.2, 0.25) is 0 Å². The molecule has 1 fully saturated rings. The van der Waals surface area contributed by atoms with Gasteiger partial charge in [-0.25, -0.2) is 0 Å². The lowest BCUT2D eigenvalue weighted by Gasteiger charge is -2.23. The van der Waals surface area contributed by atoms with Crippen LogP contribution in [0.15, 0.2) is 0 Å². The van der Waals surface area contributed by atoms with Gasteiger partial charge in [0.15, 0.2) is 5.79 Å². The van der Waals surface area contributed by atoms with Gasteiger partial charge in [-0.3, -0.25) is 0 Å². The lowest BCUT2D eigenvalue weighted by atomic mass is 10.1. The maximum Gasteiger partial charge on any atom is 0.163 e. The van der Waals surface area contributed by atoms with E-state index < -0.39 is 5.79 Å². The second kappa shape index (κ2) is 5.45. The molecule has 0 aromatic rings. The molecule has 0 spiro atoms. The van der Waals surface area contributed by atoms with Crippen molar-refractivity contribution >= 4 is 0 Å². The second-order valence-corrected chi connectivity index (χ2v) is 5.37. The lowest BCUT2D eigenvalue weighted by molar-refractivity contribution is -0.137. The Morgan fingerprint density at radius 2 is 2.12 bits per heavy atom. The Balaban J connectivity index is 2.09. The molecule has 0 aromatic carbocycles. The number of ether oxygens (including phenoxy) is 3. The second-order valence-electron chi connectivity index (χ2n) is 5.37. The summed E-state index contributed by atoms with van der Waals surface area (Å²) >= 11 is 0. The fourth-order valence-corrected chi connectivity index (χ4v) is 1.62. The standard InChI is InChI=1S/C12H25NO3/c1-11(2,14-5)6-7-13-8-10-9-15-12(3,4)16-10/h10,13H,6-9H2,1-5H3. The van der Waals surface area contributed by atoms with Crippen molar-refractivity contribution in [3.8, 4) is 0 Å². The topological polar surface area (TPSA) is 39.7 Å². The van der Waals surface area contributed by atoms with Crippen LogP contribution in [0.5, 0.6) is 0 Å². The van der Waals surface area contributed by atoms with Crippen molar-refractivity contribution in [1.82, 2.24) is 5.32 Å². The molecule has 1 unspecified atom stereocenters. The smallest absolute Gasteiger partial charge is 0.163 e. The summed E-state index contributed by atoms with van der Waals surface area (Å²) in [5.41, 5.74) is -0.0562. The van der Waals surface area contributed by atoms with E-state index >= 15 is 0 Å². The van der Waals surface area contributed by atoms with Gasteiger partial charge < -0.3 is 19.5 Å². The third-order valence-corrected chi connectivity index (χ3v) is 2.90. The first-order chi connectivity index (χ1) is 7.35. The van der Waals surface area contributed by atoms with Crippen LogP contribution >= 0.6 is 0 Å². The monoisotopic (exact) mass is 231 g/mol. The summed E-state index contributed by atoms with van der Waals surface area (Å²) in [5.74, 6) is -0.419. The zero-order valence-corrected chi connectivity index (χ0v) is 11.1. The number of hydrogen-bond donors (Lipinski definition) is 1. The van der Waals surface area contributed by atoms with E-state index in [2.05, 4.69) is 19.2 Å². The molecule has 0 radical (unpaired) electrons. The molecule has 1 saturated heterocycles. The van der Waals surface area contributed by atoms with Gasteiger partial charge in [0.05, 0.1) is 18.3 Å². The van der Waals surface area contributed by atoms with Gasteiger partial charge in [0.2, 0.25) is 0 Å². The fraction of sp³-hybridized carbons (Fsp3) is 1.00. The molecule has 4 nitrogen and oxygen atoms in total. The average Bonchev–Trinajstić information content (AvgIpc) is 2.53. The first kappa shape index (κ1) is 13.9. The summed E-state index contributed by atoms with van der Waals surface area (Å²) in [7, 11) is 1.75. The van der Waals surface area contributed by atoms with Gasteiger partial charge in [-0.05, 0) is 40.7 Å². The van der Waals surface area contributed by atoms with Gasteiger partial charge in [-0.2, -0.15) is 0 Å². The fourth-order valence-electron chi connectivity index (χ4n) is 1.62. The zero-order chi connectivity index (χ0) is 12.2. The van der Waals surface area contributed by atoms with Crippen molar-refractivity contribution in [1.29, 1.82) is 0 Å². The number of rotatable bonds is 6. The Bertz CT molecular complexity index is 216. The van der Waals surface area contributed by atoms with E-state index in [1.54, 1.807) is 7.11 Å². The molecule has 0 aromatic heterocycles. The van der Waals surface area contributed by atoms with Crippen molar-refractivity contribution in [2.75, 3.05) is 26.8 Å². The number of methoxy groups -OCH3 is 1. The molecule has 1 atom stereocenters. The summed E-state index contributed by atoms with van der Waals surface area (Å²) in [6.07, 6.45) is 1.15. The summed E-state index contributed by atoms with van der Waals surface area (Å²) in [6, 6.07) is 0. The first-order valence-corrected chi connectivity index (χ1v) is 5.92. The summed E-state index contributed by atoms with van der Waals surface area (Å²) in [6.45, 7) is 10.5. The van der Waals surface area contributed by atoms with E-state index in [1.165, 1.54) is 0 Å². The third kappa shape index (κ3) is 4.78. The average molecular weight is 231 g/mol. The molecule has 1 rings (SSSR count). The van der Waals surface area contributed by atoms with Crippen molar-refractivity contribution in [3.05, 3.63) is 0 Å². The first-order valence-electron chi connectivity index (χ1n) is 5.92. The molecule has 4 heteroatoms. The van der Waals surface area contributed by atoms with Gasteiger partial charge in [0.25, 0.3) is 0 Å². The minimum absolute atomic E-state index is 0.0562. The van der Waals surface area contributed by atoms with Crippen LogP contribution in [0.25, 0.3) is 0 Å². The quantitative estimate of drug-likeness (QED) is 0.704. The van der Waals surface area contributed by atoms with E-state index in [0.29, 0.717) is 6.61 Å². The highest BCUT2D eigenvalue weighted by atomic mass is 16.7. The third-order valence-electron chi connectivity index (χ3n) is 2.90. The highest BCUT2D eigenvalue weighted by Crippen LogP contribution is 2.21. The van der Waals surface area contributed by atoms with E-state index in [0.717, 1.165) is 19.5 Å². The van der Waals surface area contributed by atoms with Gasteiger partial charge in [-0.15, -0.1) is 0 Å². The lowest BCUT2D eigenvalue weighted by Crippen LogP contribution is -2.34. The van der Waals surface area contributed by atoms with Crippen LogP contribution < -0.4 is 5.32 Å². The molecule has 1 aliphatic rings. The minimum Gasteiger partial charge on any atom is -0.379 e. The summed E-state index contributed by atoms with van der Waals surface area (Å²) in [5, 5.41) is 3.37. The molecule has 1 heterocycles. The van der Waals surface area contributed by atoms with Crippen molar-refractivity contribution in [2.45, 2.75) is 51.6 Å². The Morgan fingerprint density at radius 3 is 2.62 bits per heavy atom. The van der Waals surface area contributed by atoms with Crippen molar-refractivity contribution in [2.24, 2.45) is 0 Å². The van der Waals surface area contributed by atoms with Crippen LogP contribution in [0.4, 0.5) is 0 Å². The largest absolute Gasteiger partial charge is 0.379 e. The van der Waals surface area contributed by atoms with E-state index in [1.807, 2.05) is 13.8 Å². The Kier molecular flexibility index (Phi) is 4.73. The van der Waals surface area contributed by atoms with Crippen LogP contribution in [0, 0.1) is 0 Å². The summed E-state index contributed by atoms with van der Waals surface area (Å²) in [4.78, 5) is 0. The van der Waals surface area contributed by atoms with Crippen LogP contribution in [0.1, 0.15) is 34.1 Å². The predicted octanol–water partition coefficient (Wildman–Crippen LogP) is 1.54. The molecule has 96 valence electrons. The van der Waals surface area contributed by atoms with Crippen LogP contribution in [-0.2, 0) is 14.2 Å². The SMILES string of the molecule is COC(C)(C)CCNCC1COC(C)(C)O1. The van der Waals surface area contributed by atoms with E-state index in [-0.39, 0.29) is 11.7 Å². The van der Waals surface area contributed by atoms with Crippen LogP contribution in [0.3, 0.4) is 0 Å². The van der Waals surface area contributed by atoms with Crippen LogP contribution in [-0.4, -0.2) is 44.3 Å². The molecule has 0 amide bonds. The molecule has 16 heavy (non-hydrogen) atoms. The molecule has 1 aliphatic heterocycles. The van der Waals surface area contributed by atoms with Crippen molar-refractivity contribution < 1.29 is 14.2 Å². The Morgan fingerprint density at radius 1 is 1.44 bits per heavy atom. The van der Waals surface area contributed by atoms with Gasteiger partial charge in [0, 0.05) is 13.7 Å². The molecule has 0 bridgehead atoms. The maximum absolute atomic E-state index is 5.69. The molecular weight excluding hydrogens is 206 g/mol. The highest BCUT2D eigenvalue weighted by molar-refractivity contribution is 4.74. The van der Waals surface area contributed by atoms with Gasteiger partial charge in [-0.1, -0.05) is 0 Å². The minimum atomic E-state index is -0.419. The molecular formula is C12H25NO3. The molecule has 0 aliphatic carbocycles. The van der Waals surface area contributed by atoms with Gasteiger partial charge in [0.1, 0.15) is 0 Å². The maximum atomic E-state index is 5.69. The van der Waals surface area contributed by atoms with Gasteiger partial charge >= 0.3 is 0 Å². The molecule has 1 N–H and O–H groups in total. The highest BCUT2D eigenvalue weighted by Gasteiger charge is 2.32. The number of hydrogen-bond acceptors (Lipinski definition) is 4. The van der Waals surface area contributed by atoms with E-state index in [9.17, 15) is 0 Å². The predicted molar refractivity (Wildman–Crippen MR) is 63.5 cm³/mol. The van der Waals surface area contributed by atoms with Crippen molar-refractivity contribution in [3.63, 3.8) is 0 Å². The Labute approximate surface area is 98.6 Å². The summed E-state index contributed by atoms with van der Waals surface area (Å²) < 4.78 is 16.5. The molecule has 0 saturated carbocycles. The zero-order valence-electron chi connectivity index (χ0n) is 11.1.